The topological polar surface area (TPSA) is 161 Å². The Morgan fingerprint density at radius 2 is 1.82 bits per heavy atom. The Labute approximate surface area is 251 Å². The van der Waals surface area contributed by atoms with Crippen LogP contribution in [0.2, 0.25) is 0 Å². The van der Waals surface area contributed by atoms with Crippen molar-refractivity contribution in [3.05, 3.63) is 65.7 Å². The van der Waals surface area contributed by atoms with Crippen LogP contribution in [0.1, 0.15) is 42.1 Å². The van der Waals surface area contributed by atoms with Gasteiger partial charge in [-0.1, -0.05) is 6.92 Å². The van der Waals surface area contributed by atoms with Gasteiger partial charge in [0.05, 0.1) is 11.3 Å². The maximum Gasteiger partial charge on any atom is 0.303 e. The van der Waals surface area contributed by atoms with E-state index in [1.807, 2.05) is 4.90 Å². The van der Waals surface area contributed by atoms with Crippen LogP contribution in [0.4, 0.5) is 20.4 Å². The average molecular weight is 626 g/mol. The number of aliphatic carboxylic acids is 1. The lowest BCUT2D eigenvalue weighted by Crippen LogP contribution is -2.63. The molecule has 4 aromatic rings. The number of ketones is 1. The molecular weight excluding hydrogens is 596 g/mol. The summed E-state index contributed by atoms with van der Waals surface area (Å²) in [6, 6.07) is 3.39. The highest BCUT2D eigenvalue weighted by molar-refractivity contribution is 7.90. The Hall–Kier alpha value is -4.50. The maximum absolute atomic E-state index is 15.4. The zero-order valence-electron chi connectivity index (χ0n) is 23.8. The molecule has 0 radical (unpaired) electrons. The molecule has 0 amide bonds. The molecule has 4 heterocycles. The Bertz CT molecular complexity index is 1880. The lowest BCUT2D eigenvalue weighted by atomic mass is 9.57. The number of carbonyl (C=O) groups excluding carboxylic acids is 1. The number of carboxylic acids is 1. The van der Waals surface area contributed by atoms with Crippen LogP contribution in [0, 0.1) is 23.0 Å². The molecule has 2 fully saturated rings. The van der Waals surface area contributed by atoms with Gasteiger partial charge >= 0.3 is 16.2 Å². The summed E-state index contributed by atoms with van der Waals surface area (Å²) in [5.74, 6) is -3.46. The first-order chi connectivity index (χ1) is 20.9. The summed E-state index contributed by atoms with van der Waals surface area (Å²) in [6.07, 6.45) is 8.09. The van der Waals surface area contributed by atoms with Crippen LogP contribution in [-0.4, -0.2) is 76.2 Å². The van der Waals surface area contributed by atoms with Crippen LogP contribution < -0.4 is 9.62 Å². The molecule has 15 heteroatoms. The van der Waals surface area contributed by atoms with Gasteiger partial charge in [-0.15, -0.1) is 0 Å². The van der Waals surface area contributed by atoms with Gasteiger partial charge in [-0.3, -0.25) is 14.3 Å². The number of hydrogen-bond acceptors (Lipinski definition) is 8. The predicted octanol–water partition coefficient (Wildman–Crippen LogP) is 3.83. The molecular formula is C29H29F2N7O5S. The van der Waals surface area contributed by atoms with Gasteiger partial charge in [0.15, 0.2) is 5.82 Å². The number of H-pyrrole nitrogens is 1. The zero-order chi connectivity index (χ0) is 31.4. The highest BCUT2D eigenvalue weighted by Crippen LogP contribution is 2.53. The summed E-state index contributed by atoms with van der Waals surface area (Å²) in [6.45, 7) is 3.25. The molecule has 3 aromatic heterocycles. The first-order valence-corrected chi connectivity index (χ1v) is 15.4. The van der Waals surface area contributed by atoms with Gasteiger partial charge in [0, 0.05) is 85.4 Å². The molecule has 2 aliphatic rings. The number of carboxylic acid groups (broad SMARTS) is 1. The van der Waals surface area contributed by atoms with Gasteiger partial charge < -0.3 is 15.0 Å². The van der Waals surface area contributed by atoms with E-state index >= 15 is 4.39 Å². The molecule has 0 unspecified atom stereocenters. The number of fused-ring (bicyclic) bond motifs is 1. The van der Waals surface area contributed by atoms with Crippen LogP contribution in [0.25, 0.3) is 22.2 Å². The molecule has 44 heavy (non-hydrogen) atoms. The van der Waals surface area contributed by atoms with Crippen LogP contribution in [0.3, 0.4) is 0 Å². The van der Waals surface area contributed by atoms with Crippen molar-refractivity contribution in [1.82, 2.24) is 24.2 Å². The lowest BCUT2D eigenvalue weighted by Gasteiger charge is -2.59. The van der Waals surface area contributed by atoms with Crippen molar-refractivity contribution in [3.63, 3.8) is 0 Å². The number of nitrogens with one attached hydrogen (secondary N) is 2. The van der Waals surface area contributed by atoms with Crippen molar-refractivity contribution in [2.75, 3.05) is 36.3 Å². The molecule has 1 saturated carbocycles. The smallest absolute Gasteiger partial charge is 0.303 e. The van der Waals surface area contributed by atoms with Crippen molar-refractivity contribution in [3.8, 4) is 11.1 Å². The third-order valence-electron chi connectivity index (χ3n) is 8.40. The first-order valence-electron chi connectivity index (χ1n) is 13.9. The average Bonchev–Trinajstić information content (AvgIpc) is 3.38. The Balaban J connectivity index is 1.22. The SMILES string of the molecule is CCN(C)S(=O)(=O)Nc1ccc(F)c(C(=O)c2c[nH]c3ncc(-c4cnc(N5CC6(CC(CC(=O)O)C6)C5)nc4)cc23)c1F. The van der Waals surface area contributed by atoms with E-state index in [0.717, 1.165) is 42.4 Å². The van der Waals surface area contributed by atoms with E-state index in [4.69, 9.17) is 5.11 Å². The van der Waals surface area contributed by atoms with Gasteiger partial charge in [-0.25, -0.2) is 23.7 Å². The number of halogens is 2. The van der Waals surface area contributed by atoms with Gasteiger partial charge in [0.25, 0.3) is 0 Å². The molecule has 1 spiro atoms. The first kappa shape index (κ1) is 29.6. The van der Waals surface area contributed by atoms with Crippen LogP contribution in [0.15, 0.2) is 43.0 Å². The van der Waals surface area contributed by atoms with Gasteiger partial charge in [-0.05, 0) is 37.0 Å². The normalized spacial score (nSPS) is 16.2. The molecule has 0 atom stereocenters. The number of nitrogens with zero attached hydrogens (tertiary/aromatic N) is 5. The highest BCUT2D eigenvalue weighted by atomic mass is 32.2. The number of benzene rings is 1. The summed E-state index contributed by atoms with van der Waals surface area (Å²) in [4.78, 5) is 42.6. The minimum Gasteiger partial charge on any atom is -0.481 e. The third kappa shape index (κ3) is 5.26. The predicted molar refractivity (Wildman–Crippen MR) is 157 cm³/mol. The lowest BCUT2D eigenvalue weighted by molar-refractivity contribution is -0.140. The Kier molecular flexibility index (Phi) is 7.32. The molecule has 1 aliphatic carbocycles. The standard InChI is InChI=1S/C29H29F2N7O5S/c1-3-37(2)44(42,43)36-22-5-4-21(30)24(25(22)31)26(41)20-13-33-27-19(20)7-17(10-32-27)18-11-34-28(35-12-18)38-14-29(15-38)8-16(9-29)6-23(39)40/h4-5,7,10-13,16,36H,3,6,8-9,14-15H2,1-2H3,(H,32,33)(H,39,40). The maximum atomic E-state index is 15.4. The fraction of sp³-hybridized carbons (Fsp3) is 0.345. The molecule has 3 N–H and O–H groups in total. The number of aromatic nitrogens is 4. The fourth-order valence-electron chi connectivity index (χ4n) is 6.06. The van der Waals surface area contributed by atoms with Crippen molar-refractivity contribution in [2.24, 2.45) is 11.3 Å². The minimum atomic E-state index is -4.12. The minimum absolute atomic E-state index is 0.0528. The zero-order valence-corrected chi connectivity index (χ0v) is 24.7. The molecule has 230 valence electrons. The van der Waals surface area contributed by atoms with E-state index in [1.165, 1.54) is 13.2 Å². The van der Waals surface area contributed by atoms with E-state index < -0.39 is 44.8 Å². The molecule has 1 aromatic carbocycles. The summed E-state index contributed by atoms with van der Waals surface area (Å²) in [5.41, 5.74) is 0.110. The number of rotatable bonds is 10. The van der Waals surface area contributed by atoms with E-state index in [0.29, 0.717) is 28.1 Å². The second kappa shape index (κ2) is 10.9. The van der Waals surface area contributed by atoms with E-state index in [1.54, 1.807) is 31.6 Å². The highest BCUT2D eigenvalue weighted by Gasteiger charge is 2.53. The van der Waals surface area contributed by atoms with Gasteiger partial charge in [0.2, 0.25) is 11.7 Å². The number of hydrogen-bond donors (Lipinski definition) is 3. The van der Waals surface area contributed by atoms with Crippen LogP contribution in [-0.2, 0) is 15.0 Å². The number of anilines is 2. The summed E-state index contributed by atoms with van der Waals surface area (Å²) in [7, 11) is -2.83. The molecule has 0 bridgehead atoms. The van der Waals surface area contributed by atoms with Crippen molar-refractivity contribution < 1.29 is 31.9 Å². The van der Waals surface area contributed by atoms with Crippen LogP contribution >= 0.6 is 0 Å². The number of pyridine rings is 1. The second-order valence-corrected chi connectivity index (χ2v) is 13.2. The monoisotopic (exact) mass is 625 g/mol. The number of aromatic amines is 1. The Morgan fingerprint density at radius 1 is 1.14 bits per heavy atom. The van der Waals surface area contributed by atoms with E-state index in [2.05, 4.69) is 24.7 Å². The third-order valence-corrected chi connectivity index (χ3v) is 9.96. The number of carbonyl (C=O) groups is 2. The Morgan fingerprint density at radius 3 is 2.48 bits per heavy atom. The summed E-state index contributed by atoms with van der Waals surface area (Å²) >= 11 is 0. The molecule has 1 saturated heterocycles. The van der Waals surface area contributed by atoms with Gasteiger partial charge in [0.1, 0.15) is 11.5 Å². The van der Waals surface area contributed by atoms with Crippen LogP contribution in [0.5, 0.6) is 0 Å². The molecule has 1 aliphatic heterocycles. The molecule has 12 nitrogen and oxygen atoms in total. The summed E-state index contributed by atoms with van der Waals surface area (Å²) < 4.78 is 58.1. The quantitative estimate of drug-likeness (QED) is 0.223. The van der Waals surface area contributed by atoms with Crippen molar-refractivity contribution >= 4 is 44.6 Å². The summed E-state index contributed by atoms with van der Waals surface area (Å²) in [5, 5.41) is 9.29. The van der Waals surface area contributed by atoms with Crippen molar-refractivity contribution in [1.29, 1.82) is 0 Å². The fourth-order valence-corrected chi connectivity index (χ4v) is 6.99. The second-order valence-electron chi connectivity index (χ2n) is 11.5. The van der Waals surface area contributed by atoms with Gasteiger partial charge in [-0.2, -0.15) is 12.7 Å². The van der Waals surface area contributed by atoms with E-state index in [-0.39, 0.29) is 29.9 Å². The largest absolute Gasteiger partial charge is 0.481 e. The van der Waals surface area contributed by atoms with E-state index in [9.17, 15) is 22.4 Å². The molecule has 6 rings (SSSR count). The van der Waals surface area contributed by atoms with Crippen molar-refractivity contribution in [2.45, 2.75) is 26.2 Å².